The van der Waals surface area contributed by atoms with E-state index in [1.807, 2.05) is 6.07 Å². The molecule has 1 saturated heterocycles. The first-order valence-corrected chi connectivity index (χ1v) is 6.13. The monoisotopic (exact) mass is 235 g/mol. The number of benzene rings is 1. The van der Waals surface area contributed by atoms with Crippen LogP contribution in [0, 0.1) is 12.8 Å². The van der Waals surface area contributed by atoms with Crippen LogP contribution in [0.2, 0.25) is 0 Å². The number of hydrogen-bond acceptors (Lipinski definition) is 3. The molecule has 0 bridgehead atoms. The molecule has 1 aromatic carbocycles. The van der Waals surface area contributed by atoms with Gasteiger partial charge in [-0.2, -0.15) is 0 Å². The van der Waals surface area contributed by atoms with Crippen LogP contribution in [0.1, 0.15) is 23.6 Å². The highest BCUT2D eigenvalue weighted by Crippen LogP contribution is 2.37. The summed E-state index contributed by atoms with van der Waals surface area (Å²) in [5, 5.41) is 9.43. The lowest BCUT2D eigenvalue weighted by molar-refractivity contribution is 0.182. The zero-order chi connectivity index (χ0) is 12.4. The number of rotatable bonds is 3. The average Bonchev–Trinajstić information content (AvgIpc) is 2.70. The highest BCUT2D eigenvalue weighted by Gasteiger charge is 2.32. The fraction of sp³-hybridized carbons (Fsp3) is 0.571. The Morgan fingerprint density at radius 1 is 1.47 bits per heavy atom. The molecule has 0 amide bonds. The smallest absolute Gasteiger partial charge is 0.121 e. The zero-order valence-electron chi connectivity index (χ0n) is 10.8. The van der Waals surface area contributed by atoms with Gasteiger partial charge in [-0.25, -0.2) is 0 Å². The molecule has 2 unspecified atom stereocenters. The molecule has 1 aliphatic heterocycles. The van der Waals surface area contributed by atoms with Crippen molar-refractivity contribution in [3.63, 3.8) is 0 Å². The van der Waals surface area contributed by atoms with E-state index < -0.39 is 0 Å². The first-order valence-electron chi connectivity index (χ1n) is 6.13. The Labute approximate surface area is 103 Å². The second-order valence-corrected chi connectivity index (χ2v) is 4.89. The molecule has 2 atom stereocenters. The SMILES string of the molecule is COc1ccc(C2C(CO)CCN2C)cc1C. The van der Waals surface area contributed by atoms with Gasteiger partial charge in [-0.15, -0.1) is 0 Å². The quantitative estimate of drug-likeness (QED) is 0.869. The summed E-state index contributed by atoms with van der Waals surface area (Å²) in [6.07, 6.45) is 1.07. The standard InChI is InChI=1S/C14H21NO2/c1-10-8-11(4-5-13(10)17-3)14-12(9-16)6-7-15(14)2/h4-5,8,12,14,16H,6-7,9H2,1-3H3. The van der Waals surface area contributed by atoms with Gasteiger partial charge < -0.3 is 9.84 Å². The van der Waals surface area contributed by atoms with Crippen molar-refractivity contribution < 1.29 is 9.84 Å². The molecule has 1 fully saturated rings. The summed E-state index contributed by atoms with van der Waals surface area (Å²) >= 11 is 0. The number of aliphatic hydroxyl groups is 1. The maximum Gasteiger partial charge on any atom is 0.121 e. The average molecular weight is 235 g/mol. The number of ether oxygens (including phenoxy) is 1. The molecular weight excluding hydrogens is 214 g/mol. The Morgan fingerprint density at radius 3 is 2.82 bits per heavy atom. The van der Waals surface area contributed by atoms with Crippen molar-refractivity contribution in [2.24, 2.45) is 5.92 Å². The van der Waals surface area contributed by atoms with E-state index >= 15 is 0 Å². The maximum atomic E-state index is 9.43. The summed E-state index contributed by atoms with van der Waals surface area (Å²) in [6, 6.07) is 6.64. The van der Waals surface area contributed by atoms with E-state index in [-0.39, 0.29) is 6.61 Å². The molecule has 2 rings (SSSR count). The number of aliphatic hydroxyl groups excluding tert-OH is 1. The molecule has 0 aromatic heterocycles. The van der Waals surface area contributed by atoms with Crippen molar-refractivity contribution in [1.29, 1.82) is 0 Å². The van der Waals surface area contributed by atoms with Crippen LogP contribution in [0.15, 0.2) is 18.2 Å². The molecule has 1 heterocycles. The fourth-order valence-electron chi connectivity index (χ4n) is 2.83. The summed E-state index contributed by atoms with van der Waals surface area (Å²) in [4.78, 5) is 2.32. The van der Waals surface area contributed by atoms with Crippen LogP contribution < -0.4 is 4.74 Å². The number of nitrogens with zero attached hydrogens (tertiary/aromatic N) is 1. The predicted molar refractivity (Wildman–Crippen MR) is 68.3 cm³/mol. The minimum absolute atomic E-state index is 0.264. The maximum absolute atomic E-state index is 9.43. The summed E-state index contributed by atoms with van der Waals surface area (Å²) in [6.45, 7) is 3.38. The van der Waals surface area contributed by atoms with E-state index in [9.17, 15) is 5.11 Å². The normalized spacial score (nSPS) is 25.2. The molecule has 3 heteroatoms. The first-order chi connectivity index (χ1) is 8.17. The molecule has 1 aliphatic rings. The van der Waals surface area contributed by atoms with E-state index in [2.05, 4.69) is 31.0 Å². The largest absolute Gasteiger partial charge is 0.496 e. The van der Waals surface area contributed by atoms with Gasteiger partial charge >= 0.3 is 0 Å². The highest BCUT2D eigenvalue weighted by atomic mass is 16.5. The molecular formula is C14H21NO2. The molecule has 0 spiro atoms. The van der Waals surface area contributed by atoms with Crippen LogP contribution in [-0.2, 0) is 0 Å². The van der Waals surface area contributed by atoms with Gasteiger partial charge in [0.2, 0.25) is 0 Å². The third kappa shape index (κ3) is 2.31. The topological polar surface area (TPSA) is 32.7 Å². The van der Waals surface area contributed by atoms with E-state index in [0.29, 0.717) is 12.0 Å². The van der Waals surface area contributed by atoms with Gasteiger partial charge in [-0.3, -0.25) is 4.90 Å². The van der Waals surface area contributed by atoms with E-state index in [4.69, 9.17) is 4.74 Å². The lowest BCUT2D eigenvalue weighted by Gasteiger charge is -2.25. The van der Waals surface area contributed by atoms with Gasteiger partial charge in [0.15, 0.2) is 0 Å². The Balaban J connectivity index is 2.29. The molecule has 94 valence electrons. The summed E-state index contributed by atoms with van der Waals surface area (Å²) in [5.74, 6) is 1.28. The Hall–Kier alpha value is -1.06. The molecule has 1 N–H and O–H groups in total. The summed E-state index contributed by atoms with van der Waals surface area (Å²) in [5.41, 5.74) is 2.43. The lowest BCUT2D eigenvalue weighted by atomic mass is 9.93. The van der Waals surface area contributed by atoms with Crippen LogP contribution >= 0.6 is 0 Å². The van der Waals surface area contributed by atoms with Crippen LogP contribution in [0.5, 0.6) is 5.75 Å². The van der Waals surface area contributed by atoms with Gasteiger partial charge in [-0.1, -0.05) is 12.1 Å². The van der Waals surface area contributed by atoms with Gasteiger partial charge in [0.1, 0.15) is 5.75 Å². The van der Waals surface area contributed by atoms with Crippen molar-refractivity contribution in [2.45, 2.75) is 19.4 Å². The molecule has 0 aliphatic carbocycles. The van der Waals surface area contributed by atoms with Crippen molar-refractivity contribution in [3.8, 4) is 5.75 Å². The number of hydrogen-bond donors (Lipinski definition) is 1. The second-order valence-electron chi connectivity index (χ2n) is 4.89. The van der Waals surface area contributed by atoms with E-state index in [1.54, 1.807) is 7.11 Å². The minimum atomic E-state index is 0.264. The molecule has 17 heavy (non-hydrogen) atoms. The van der Waals surface area contributed by atoms with Gasteiger partial charge in [-0.05, 0) is 44.1 Å². The Bertz CT molecular complexity index is 392. The van der Waals surface area contributed by atoms with Crippen molar-refractivity contribution in [1.82, 2.24) is 4.90 Å². The number of likely N-dealkylation sites (tertiary alicyclic amines) is 1. The highest BCUT2D eigenvalue weighted by molar-refractivity contribution is 5.37. The summed E-state index contributed by atoms with van der Waals surface area (Å²) < 4.78 is 5.28. The van der Waals surface area contributed by atoms with Crippen molar-refractivity contribution in [3.05, 3.63) is 29.3 Å². The molecule has 0 radical (unpaired) electrons. The van der Waals surface area contributed by atoms with E-state index in [0.717, 1.165) is 24.3 Å². The zero-order valence-corrected chi connectivity index (χ0v) is 10.8. The Morgan fingerprint density at radius 2 is 2.24 bits per heavy atom. The molecule has 0 saturated carbocycles. The Kier molecular flexibility index (Phi) is 3.69. The van der Waals surface area contributed by atoms with Crippen molar-refractivity contribution >= 4 is 0 Å². The first kappa shape index (κ1) is 12.4. The molecule has 3 nitrogen and oxygen atoms in total. The van der Waals surface area contributed by atoms with E-state index in [1.165, 1.54) is 5.56 Å². The number of aryl methyl sites for hydroxylation is 1. The van der Waals surface area contributed by atoms with Crippen LogP contribution in [-0.4, -0.2) is 37.3 Å². The molecule has 1 aromatic rings. The third-order valence-corrected chi connectivity index (χ3v) is 3.77. The lowest BCUT2D eigenvalue weighted by Crippen LogP contribution is -2.22. The van der Waals surface area contributed by atoms with Crippen LogP contribution in [0.25, 0.3) is 0 Å². The number of methoxy groups -OCH3 is 1. The third-order valence-electron chi connectivity index (χ3n) is 3.77. The summed E-state index contributed by atoms with van der Waals surface area (Å²) in [7, 11) is 3.82. The van der Waals surface area contributed by atoms with Gasteiger partial charge in [0.25, 0.3) is 0 Å². The second kappa shape index (κ2) is 5.07. The fourth-order valence-corrected chi connectivity index (χ4v) is 2.83. The van der Waals surface area contributed by atoms with Gasteiger partial charge in [0.05, 0.1) is 7.11 Å². The van der Waals surface area contributed by atoms with Crippen LogP contribution in [0.4, 0.5) is 0 Å². The van der Waals surface area contributed by atoms with Crippen molar-refractivity contribution in [2.75, 3.05) is 27.3 Å². The van der Waals surface area contributed by atoms with Crippen LogP contribution in [0.3, 0.4) is 0 Å². The predicted octanol–water partition coefficient (Wildman–Crippen LogP) is 1.99. The minimum Gasteiger partial charge on any atom is -0.496 e. The van der Waals surface area contributed by atoms with Gasteiger partial charge in [0, 0.05) is 18.6 Å².